The smallest absolute Gasteiger partial charge is 0.322 e. The largest absolute Gasteiger partial charge is 0.480 e. The van der Waals surface area contributed by atoms with Gasteiger partial charge in [-0.25, -0.2) is 0 Å². The topological polar surface area (TPSA) is 122 Å². The van der Waals surface area contributed by atoms with Gasteiger partial charge in [-0.05, 0) is 6.92 Å². The lowest BCUT2D eigenvalue weighted by molar-refractivity contribution is -0.137. The lowest BCUT2D eigenvalue weighted by Gasteiger charge is -2.14. The molecule has 0 saturated carbocycles. The van der Waals surface area contributed by atoms with Crippen molar-refractivity contribution in [1.82, 2.24) is 10.6 Å². The molecule has 2 amide bonds. The zero-order chi connectivity index (χ0) is 12.7. The van der Waals surface area contributed by atoms with Gasteiger partial charge in [-0.3, -0.25) is 14.4 Å². The Bertz CT molecular complexity index is 278. The van der Waals surface area contributed by atoms with Crippen molar-refractivity contribution < 1.29 is 19.5 Å². The quantitative estimate of drug-likeness (QED) is 0.433. The van der Waals surface area contributed by atoms with Gasteiger partial charge in [-0.1, -0.05) is 6.92 Å². The molecule has 0 fully saturated rings. The van der Waals surface area contributed by atoms with Gasteiger partial charge in [0.2, 0.25) is 11.8 Å². The van der Waals surface area contributed by atoms with Crippen molar-refractivity contribution >= 4 is 17.8 Å². The fraction of sp³-hybridized carbons (Fsp3) is 0.667. The average molecular weight is 231 g/mol. The van der Waals surface area contributed by atoms with Gasteiger partial charge >= 0.3 is 5.97 Å². The Morgan fingerprint density at radius 1 is 1.19 bits per heavy atom. The summed E-state index contributed by atoms with van der Waals surface area (Å²) in [5.41, 5.74) is 5.50. The first-order valence-electron chi connectivity index (χ1n) is 4.86. The van der Waals surface area contributed by atoms with Gasteiger partial charge in [-0.15, -0.1) is 0 Å². The third-order valence-electron chi connectivity index (χ3n) is 2.06. The molecule has 0 spiro atoms. The summed E-state index contributed by atoms with van der Waals surface area (Å²) in [6.45, 7) is 2.63. The Balaban J connectivity index is 3.83. The Labute approximate surface area is 93.4 Å². The van der Waals surface area contributed by atoms with Crippen molar-refractivity contribution in [3.8, 4) is 0 Å². The summed E-state index contributed by atoms with van der Waals surface area (Å²) in [4.78, 5) is 32.5. The minimum atomic E-state index is -1.14. The molecule has 92 valence electrons. The maximum atomic E-state index is 11.3. The van der Waals surface area contributed by atoms with E-state index in [9.17, 15) is 14.4 Å². The number of rotatable bonds is 6. The van der Waals surface area contributed by atoms with Crippen LogP contribution in [0, 0.1) is 5.92 Å². The molecule has 0 aromatic heterocycles. The Morgan fingerprint density at radius 2 is 1.75 bits per heavy atom. The number of amides is 2. The third-order valence-corrected chi connectivity index (χ3v) is 2.06. The number of nitrogens with two attached hydrogens (primary N) is 1. The monoisotopic (exact) mass is 231 g/mol. The maximum absolute atomic E-state index is 11.3. The van der Waals surface area contributed by atoms with Gasteiger partial charge < -0.3 is 21.5 Å². The van der Waals surface area contributed by atoms with Crippen LogP contribution in [0.15, 0.2) is 0 Å². The van der Waals surface area contributed by atoms with Crippen molar-refractivity contribution in [1.29, 1.82) is 0 Å². The molecule has 0 aromatic rings. The molecule has 0 aliphatic rings. The van der Waals surface area contributed by atoms with Crippen LogP contribution in [0.5, 0.6) is 0 Å². The first-order valence-corrected chi connectivity index (χ1v) is 4.86. The molecule has 2 unspecified atom stereocenters. The van der Waals surface area contributed by atoms with Crippen LogP contribution in [0.4, 0.5) is 0 Å². The molecule has 7 heteroatoms. The number of carbonyl (C=O) groups excluding carboxylic acids is 2. The number of hydrogen-bond acceptors (Lipinski definition) is 4. The van der Waals surface area contributed by atoms with E-state index in [1.165, 1.54) is 0 Å². The van der Waals surface area contributed by atoms with Crippen LogP contribution in [0.2, 0.25) is 0 Å². The Morgan fingerprint density at radius 3 is 2.19 bits per heavy atom. The van der Waals surface area contributed by atoms with Gasteiger partial charge in [0.05, 0.1) is 6.54 Å². The van der Waals surface area contributed by atoms with Crippen LogP contribution in [0.1, 0.15) is 13.8 Å². The molecule has 0 rings (SSSR count). The average Bonchev–Trinajstić information content (AvgIpc) is 2.21. The molecule has 2 atom stereocenters. The van der Waals surface area contributed by atoms with E-state index in [1.807, 2.05) is 0 Å². The van der Waals surface area contributed by atoms with Gasteiger partial charge in [0, 0.05) is 12.0 Å². The molecule has 0 radical (unpaired) electrons. The van der Waals surface area contributed by atoms with Crippen molar-refractivity contribution in [3.63, 3.8) is 0 Å². The van der Waals surface area contributed by atoms with Crippen LogP contribution >= 0.6 is 0 Å². The highest BCUT2D eigenvalue weighted by Crippen LogP contribution is 1.98. The second kappa shape index (κ2) is 6.78. The maximum Gasteiger partial charge on any atom is 0.322 e. The fourth-order valence-electron chi connectivity index (χ4n) is 0.804. The van der Waals surface area contributed by atoms with Crippen LogP contribution in [-0.4, -0.2) is 42.0 Å². The summed E-state index contributed by atoms with van der Waals surface area (Å²) in [5, 5.41) is 12.8. The zero-order valence-electron chi connectivity index (χ0n) is 9.32. The van der Waals surface area contributed by atoms with Crippen LogP contribution in [0.25, 0.3) is 0 Å². The van der Waals surface area contributed by atoms with E-state index in [4.69, 9.17) is 10.8 Å². The lowest BCUT2D eigenvalue weighted by Crippen LogP contribution is -2.43. The number of carboxylic acids is 1. The molecular formula is C9H17N3O4. The zero-order valence-corrected chi connectivity index (χ0v) is 9.32. The van der Waals surface area contributed by atoms with E-state index in [1.54, 1.807) is 13.8 Å². The van der Waals surface area contributed by atoms with E-state index in [0.29, 0.717) is 0 Å². The highest BCUT2D eigenvalue weighted by Gasteiger charge is 2.17. The predicted molar refractivity (Wildman–Crippen MR) is 56.5 cm³/mol. The van der Waals surface area contributed by atoms with E-state index >= 15 is 0 Å². The van der Waals surface area contributed by atoms with Crippen molar-refractivity contribution in [2.24, 2.45) is 11.7 Å². The molecule has 0 aromatic carbocycles. The highest BCUT2D eigenvalue weighted by molar-refractivity contribution is 5.87. The number of aliphatic carboxylic acids is 1. The SMILES string of the molecule is CC(N)C(C)C(=O)NCC(=O)NCC(=O)O. The summed E-state index contributed by atoms with van der Waals surface area (Å²) in [6, 6.07) is -0.304. The number of hydrogen-bond donors (Lipinski definition) is 4. The van der Waals surface area contributed by atoms with Gasteiger partial charge in [0.1, 0.15) is 6.54 Å². The standard InChI is InChI=1S/C9H17N3O4/c1-5(6(2)10)9(16)12-3-7(13)11-4-8(14)15/h5-6H,3-4,10H2,1-2H3,(H,11,13)(H,12,16)(H,14,15). The van der Waals surface area contributed by atoms with Crippen molar-refractivity contribution in [2.45, 2.75) is 19.9 Å². The normalized spacial score (nSPS) is 13.7. The summed E-state index contributed by atoms with van der Waals surface area (Å²) in [5.74, 6) is -2.41. The van der Waals surface area contributed by atoms with Crippen LogP contribution < -0.4 is 16.4 Å². The number of carboxylic acid groups (broad SMARTS) is 1. The number of carbonyl (C=O) groups is 3. The highest BCUT2D eigenvalue weighted by atomic mass is 16.4. The number of nitrogens with one attached hydrogen (secondary N) is 2. The fourth-order valence-corrected chi connectivity index (χ4v) is 0.804. The van der Waals surface area contributed by atoms with Gasteiger partial charge in [0.15, 0.2) is 0 Å². The van der Waals surface area contributed by atoms with Crippen LogP contribution in [-0.2, 0) is 14.4 Å². The molecule has 5 N–H and O–H groups in total. The summed E-state index contributed by atoms with van der Waals surface area (Å²) < 4.78 is 0. The molecule has 0 aliphatic heterocycles. The Hall–Kier alpha value is -1.63. The van der Waals surface area contributed by atoms with E-state index in [-0.39, 0.29) is 18.5 Å². The molecule has 0 bridgehead atoms. The minimum Gasteiger partial charge on any atom is -0.480 e. The van der Waals surface area contributed by atoms with Crippen LogP contribution in [0.3, 0.4) is 0 Å². The summed E-state index contributed by atoms with van der Waals surface area (Å²) in [7, 11) is 0. The molecule has 7 nitrogen and oxygen atoms in total. The van der Waals surface area contributed by atoms with Gasteiger partial charge in [-0.2, -0.15) is 0 Å². The summed E-state index contributed by atoms with van der Waals surface area (Å²) in [6.07, 6.45) is 0. The predicted octanol–water partition coefficient (Wildman–Crippen LogP) is -1.71. The van der Waals surface area contributed by atoms with Crippen molar-refractivity contribution in [3.05, 3.63) is 0 Å². The third kappa shape index (κ3) is 5.97. The molecular weight excluding hydrogens is 214 g/mol. The van der Waals surface area contributed by atoms with E-state index in [2.05, 4.69) is 10.6 Å². The molecule has 16 heavy (non-hydrogen) atoms. The van der Waals surface area contributed by atoms with Crippen molar-refractivity contribution in [2.75, 3.05) is 13.1 Å². The van der Waals surface area contributed by atoms with E-state index in [0.717, 1.165) is 0 Å². The first kappa shape index (κ1) is 14.4. The van der Waals surface area contributed by atoms with E-state index < -0.39 is 24.3 Å². The first-order chi connectivity index (χ1) is 7.34. The minimum absolute atomic E-state index is 0.247. The molecule has 0 aliphatic carbocycles. The molecule has 0 heterocycles. The second-order valence-corrected chi connectivity index (χ2v) is 3.54. The second-order valence-electron chi connectivity index (χ2n) is 3.54. The lowest BCUT2D eigenvalue weighted by atomic mass is 10.0. The Kier molecular flexibility index (Phi) is 6.09. The van der Waals surface area contributed by atoms with Gasteiger partial charge in [0.25, 0.3) is 0 Å². The summed E-state index contributed by atoms with van der Waals surface area (Å²) >= 11 is 0. The molecule has 0 saturated heterocycles.